The zero-order chi connectivity index (χ0) is 6.71. The minimum atomic E-state index is 0. The van der Waals surface area contributed by atoms with Gasteiger partial charge in [0.25, 0.3) is 0 Å². The van der Waals surface area contributed by atoms with E-state index in [0.717, 1.165) is 7.96 Å². The molecule has 4 unspecified atom stereocenters. The third kappa shape index (κ3) is 146. The molecule has 0 aliphatic heterocycles. The highest BCUT2D eigenvalue weighted by molar-refractivity contribution is 8.33. The highest BCUT2D eigenvalue weighted by Crippen LogP contribution is 2.28. The van der Waals surface area contributed by atoms with E-state index in [-0.39, 0.29) is 14.9 Å². The van der Waals surface area contributed by atoms with E-state index in [9.17, 15) is 0 Å². The molecule has 0 bridgehead atoms. The van der Waals surface area contributed by atoms with E-state index in [1.165, 1.54) is 0 Å². The number of hydrogen-bond donors (Lipinski definition) is 0. The van der Waals surface area contributed by atoms with Crippen LogP contribution < -0.4 is 0 Å². The molecule has 0 aliphatic rings. The van der Waals surface area contributed by atoms with Crippen molar-refractivity contribution in [3.05, 3.63) is 0 Å². The lowest BCUT2D eigenvalue weighted by molar-refractivity contribution is 1.50. The van der Waals surface area contributed by atoms with Crippen LogP contribution >= 0.6 is 43.7 Å². The Kier molecular flexibility index (Phi) is 289. The quantitative estimate of drug-likeness (QED) is 0.543. The molecule has 0 fully saturated rings. The molecule has 0 aromatic rings. The Bertz CT molecular complexity index is 8.92. The van der Waals surface area contributed by atoms with Gasteiger partial charge in [0.2, 0.25) is 0 Å². The Morgan fingerprint density at radius 3 is 0.889 bits per heavy atom. The maximum Gasteiger partial charge on any atom is -0.0683 e. The Hall–Kier alpha value is 2.15. The van der Waals surface area contributed by atoms with E-state index in [2.05, 4.69) is 35.7 Å². The fourth-order valence-corrected chi connectivity index (χ4v) is 0. The van der Waals surface area contributed by atoms with E-state index in [0.29, 0.717) is 0 Å². The normalized spacial score (nSPS) is 3.33. The fourth-order valence-electron chi connectivity index (χ4n) is 0. The van der Waals surface area contributed by atoms with Crippen LogP contribution in [0.1, 0.15) is 28.7 Å². The van der Waals surface area contributed by atoms with E-state index in [1.807, 2.05) is 13.8 Å². The highest BCUT2D eigenvalue weighted by Gasteiger charge is 1.32. The summed E-state index contributed by atoms with van der Waals surface area (Å²) in [6, 6.07) is 0. The second-order valence-corrected chi connectivity index (χ2v) is 4.50. The first-order chi connectivity index (χ1) is 3.41. The SMILES string of the molecule is C.C.CC.PP.PPP. The molecule has 0 spiro atoms. The third-order valence-corrected chi connectivity index (χ3v) is 0. The van der Waals surface area contributed by atoms with Gasteiger partial charge >= 0.3 is 0 Å². The molecule has 4 atom stereocenters. The Balaban J connectivity index is -0.00000000825. The van der Waals surface area contributed by atoms with Crippen molar-refractivity contribution in [2.45, 2.75) is 28.7 Å². The van der Waals surface area contributed by atoms with Crippen LogP contribution in [0.2, 0.25) is 0 Å². The minimum absolute atomic E-state index is 0. The van der Waals surface area contributed by atoms with Crippen LogP contribution in [0.3, 0.4) is 0 Å². The van der Waals surface area contributed by atoms with Crippen LogP contribution in [-0.2, 0) is 0 Å². The summed E-state index contributed by atoms with van der Waals surface area (Å²) in [7, 11) is 10.7. The van der Waals surface area contributed by atoms with Gasteiger partial charge in [-0.2, -0.15) is 0 Å². The molecule has 0 aromatic heterocycles. The summed E-state index contributed by atoms with van der Waals surface area (Å²) >= 11 is 0. The molecule has 64 valence electrons. The summed E-state index contributed by atoms with van der Waals surface area (Å²) in [5, 5.41) is 0. The van der Waals surface area contributed by atoms with Gasteiger partial charge in [-0.1, -0.05) is 36.7 Å². The van der Waals surface area contributed by atoms with Gasteiger partial charge in [0, 0.05) is 0 Å². The topological polar surface area (TPSA) is 0 Å². The van der Waals surface area contributed by atoms with Crippen molar-refractivity contribution in [3.8, 4) is 0 Å². The molecule has 0 radical (unpaired) electrons. The van der Waals surface area contributed by atoms with Crippen molar-refractivity contribution in [1.29, 1.82) is 0 Å². The number of rotatable bonds is 0. The molecule has 0 aliphatic carbocycles. The molecule has 0 N–H and O–H groups in total. The summed E-state index contributed by atoms with van der Waals surface area (Å²) in [6.07, 6.45) is 0. The van der Waals surface area contributed by atoms with E-state index in [4.69, 9.17) is 0 Å². The molecular formula is C4H23P5. The van der Waals surface area contributed by atoms with Gasteiger partial charge in [0.15, 0.2) is 0 Å². The predicted molar refractivity (Wildman–Crippen MR) is 72.0 cm³/mol. The summed E-state index contributed by atoms with van der Waals surface area (Å²) in [4.78, 5) is 0. The first-order valence-corrected chi connectivity index (χ1v) is 9.20. The average Bonchev–Trinajstić information content (AvgIpc) is 1.78. The zero-order valence-corrected chi connectivity index (χ0v) is 10.4. The Morgan fingerprint density at radius 2 is 0.889 bits per heavy atom. The van der Waals surface area contributed by atoms with Crippen LogP contribution in [0.4, 0.5) is 0 Å². The van der Waals surface area contributed by atoms with E-state index in [1.54, 1.807) is 0 Å². The Morgan fingerprint density at radius 1 is 0.889 bits per heavy atom. The van der Waals surface area contributed by atoms with Crippen molar-refractivity contribution in [3.63, 3.8) is 0 Å². The summed E-state index contributed by atoms with van der Waals surface area (Å²) < 4.78 is 0. The molecule has 0 heterocycles. The van der Waals surface area contributed by atoms with Gasteiger partial charge < -0.3 is 0 Å². The lowest BCUT2D eigenvalue weighted by Crippen LogP contribution is -0.856. The zero-order valence-electron chi connectivity index (χ0n) is 4.81. The lowest BCUT2D eigenvalue weighted by atomic mass is 11.0. The minimum Gasteiger partial charge on any atom is -0.118 e. The van der Waals surface area contributed by atoms with Crippen LogP contribution in [0.5, 0.6) is 0 Å². The third-order valence-electron chi connectivity index (χ3n) is 0. The van der Waals surface area contributed by atoms with Gasteiger partial charge in [-0.25, -0.2) is 0 Å². The predicted octanol–water partition coefficient (Wildman–Crippen LogP) is 4.20. The Labute approximate surface area is 72.8 Å². The maximum absolute atomic E-state index is 2.57. The second-order valence-electron chi connectivity index (χ2n) is 0.167. The maximum atomic E-state index is 2.57. The van der Waals surface area contributed by atoms with Crippen molar-refractivity contribution >= 4 is 43.7 Å². The van der Waals surface area contributed by atoms with Crippen molar-refractivity contribution in [1.82, 2.24) is 0 Å². The smallest absolute Gasteiger partial charge is 0.0683 e. The monoisotopic (exact) mass is 226 g/mol. The summed E-state index contributed by atoms with van der Waals surface area (Å²) in [6.45, 7) is 4.00. The summed E-state index contributed by atoms with van der Waals surface area (Å²) in [5.74, 6) is 0. The lowest BCUT2D eigenvalue weighted by Gasteiger charge is -1.51. The molecule has 0 nitrogen and oxygen atoms in total. The van der Waals surface area contributed by atoms with Crippen LogP contribution in [0, 0.1) is 0 Å². The van der Waals surface area contributed by atoms with Gasteiger partial charge in [-0.15, -0.1) is 35.7 Å². The molecule has 0 saturated carbocycles. The largest absolute Gasteiger partial charge is 0.118 e. The molecule has 9 heavy (non-hydrogen) atoms. The van der Waals surface area contributed by atoms with Gasteiger partial charge in [-0.05, 0) is 0 Å². The molecule has 0 aromatic carbocycles. The van der Waals surface area contributed by atoms with E-state index >= 15 is 0 Å². The first-order valence-electron chi connectivity index (χ1n) is 1.91. The van der Waals surface area contributed by atoms with Crippen molar-refractivity contribution < 1.29 is 0 Å². The molecule has 0 saturated heterocycles. The second kappa shape index (κ2) is 85.6. The van der Waals surface area contributed by atoms with Crippen LogP contribution in [0.15, 0.2) is 0 Å². The fraction of sp³-hybridized carbons (Fsp3) is 1.00. The van der Waals surface area contributed by atoms with E-state index < -0.39 is 0 Å². The number of hydrogen-bond acceptors (Lipinski definition) is 0. The first kappa shape index (κ1) is 30.4. The molecular weight excluding hydrogens is 203 g/mol. The summed E-state index contributed by atoms with van der Waals surface area (Å²) in [5.41, 5.74) is 0. The van der Waals surface area contributed by atoms with Crippen LogP contribution in [0.25, 0.3) is 0 Å². The van der Waals surface area contributed by atoms with Crippen LogP contribution in [-0.4, -0.2) is 0 Å². The van der Waals surface area contributed by atoms with Crippen molar-refractivity contribution in [2.75, 3.05) is 0 Å². The van der Waals surface area contributed by atoms with Gasteiger partial charge in [0.1, 0.15) is 0 Å². The van der Waals surface area contributed by atoms with Gasteiger partial charge in [0.05, 0.1) is 0 Å². The van der Waals surface area contributed by atoms with Crippen molar-refractivity contribution in [2.24, 2.45) is 0 Å². The molecule has 5 heteroatoms. The van der Waals surface area contributed by atoms with Gasteiger partial charge in [-0.3, -0.25) is 0 Å². The average molecular weight is 226 g/mol. The standard InChI is InChI=1S/C2H6.2CH4.H5P3.H4P2/c1-2;;;1-3-2;1-2/h1-2H3;2*1H4;3H,1-2H2;1-2H2. The molecule has 0 rings (SSSR count). The molecule has 0 amide bonds. The highest BCUT2D eigenvalue weighted by atomic mass is 32.4.